The molecule has 0 radical (unpaired) electrons. The van der Waals surface area contributed by atoms with E-state index in [9.17, 15) is 0 Å². The third kappa shape index (κ3) is 3.23. The second-order valence-electron chi connectivity index (χ2n) is 4.70. The molecule has 1 heterocycles. The van der Waals surface area contributed by atoms with Gasteiger partial charge in [-0.3, -0.25) is 4.68 Å². The van der Waals surface area contributed by atoms with Crippen LogP contribution in [-0.4, -0.2) is 9.78 Å². The zero-order valence-electron chi connectivity index (χ0n) is 11.8. The Balaban J connectivity index is 2.16. The molecule has 0 amide bonds. The molecule has 0 saturated heterocycles. The molecular weight excluding hydrogens is 320 g/mol. The van der Waals surface area contributed by atoms with Crippen LogP contribution in [-0.2, 0) is 12.3 Å². The number of benzene rings is 1. The van der Waals surface area contributed by atoms with Crippen LogP contribution in [0.25, 0.3) is 0 Å². The molecule has 19 heavy (non-hydrogen) atoms. The van der Waals surface area contributed by atoms with Crippen molar-refractivity contribution in [3.05, 3.63) is 45.2 Å². The van der Waals surface area contributed by atoms with Gasteiger partial charge in [0, 0.05) is 17.2 Å². The van der Waals surface area contributed by atoms with Gasteiger partial charge in [-0.1, -0.05) is 6.07 Å². The van der Waals surface area contributed by atoms with Gasteiger partial charge in [0.1, 0.15) is 0 Å². The Morgan fingerprint density at radius 2 is 1.95 bits per heavy atom. The highest BCUT2D eigenvalue weighted by atomic mass is 79.9. The average Bonchev–Trinajstić information content (AvgIpc) is 2.67. The van der Waals surface area contributed by atoms with Gasteiger partial charge < -0.3 is 0 Å². The number of aryl methyl sites for hydroxylation is 4. The molecule has 0 atom stereocenters. The van der Waals surface area contributed by atoms with Crippen LogP contribution in [0.1, 0.15) is 29.4 Å². The number of aromatic nitrogens is 2. The lowest BCUT2D eigenvalue weighted by molar-refractivity contribution is 0.631. The first kappa shape index (κ1) is 14.7. The Hall–Kier alpha value is -0.740. The molecule has 4 heteroatoms. The van der Waals surface area contributed by atoms with Crippen molar-refractivity contribution < 1.29 is 0 Å². The molecule has 0 aliphatic heterocycles. The van der Waals surface area contributed by atoms with E-state index in [1.807, 2.05) is 18.7 Å². The summed E-state index contributed by atoms with van der Waals surface area (Å²) < 4.78 is 3.22. The standard InChI is InChI=1S/C15H19BrN2S/c1-5-18-14(15(16)12(4)17-18)9-19-13-7-6-10(2)11(3)8-13/h6-8H,5,9H2,1-4H3. The van der Waals surface area contributed by atoms with E-state index in [4.69, 9.17) is 0 Å². The van der Waals surface area contributed by atoms with Crippen molar-refractivity contribution in [1.82, 2.24) is 9.78 Å². The summed E-state index contributed by atoms with van der Waals surface area (Å²) in [7, 11) is 0. The summed E-state index contributed by atoms with van der Waals surface area (Å²) in [6, 6.07) is 6.64. The fraction of sp³-hybridized carbons (Fsp3) is 0.400. The lowest BCUT2D eigenvalue weighted by atomic mass is 10.1. The van der Waals surface area contributed by atoms with Gasteiger partial charge in [0.2, 0.25) is 0 Å². The summed E-state index contributed by atoms with van der Waals surface area (Å²) in [5.74, 6) is 0.942. The van der Waals surface area contributed by atoms with Gasteiger partial charge in [-0.25, -0.2) is 0 Å². The van der Waals surface area contributed by atoms with Crippen molar-refractivity contribution in [2.75, 3.05) is 0 Å². The number of nitrogens with zero attached hydrogens (tertiary/aromatic N) is 2. The maximum absolute atomic E-state index is 4.53. The summed E-state index contributed by atoms with van der Waals surface area (Å²) >= 11 is 5.51. The quantitative estimate of drug-likeness (QED) is 0.739. The zero-order chi connectivity index (χ0) is 14.0. The smallest absolute Gasteiger partial charge is 0.0739 e. The third-order valence-corrected chi connectivity index (χ3v) is 5.34. The van der Waals surface area contributed by atoms with E-state index in [0.717, 1.165) is 22.5 Å². The SMILES string of the molecule is CCn1nc(C)c(Br)c1CSc1ccc(C)c(C)c1. The molecule has 0 fully saturated rings. The van der Waals surface area contributed by atoms with Gasteiger partial charge in [0.25, 0.3) is 0 Å². The highest BCUT2D eigenvalue weighted by Crippen LogP contribution is 2.29. The summed E-state index contributed by atoms with van der Waals surface area (Å²) in [6.07, 6.45) is 0. The van der Waals surface area contributed by atoms with Crippen LogP contribution in [0.5, 0.6) is 0 Å². The van der Waals surface area contributed by atoms with Crippen molar-refractivity contribution in [2.24, 2.45) is 0 Å². The van der Waals surface area contributed by atoms with E-state index < -0.39 is 0 Å². The molecule has 2 aromatic rings. The lowest BCUT2D eigenvalue weighted by Gasteiger charge is -2.07. The third-order valence-electron chi connectivity index (χ3n) is 3.31. The fourth-order valence-corrected chi connectivity index (χ4v) is 3.59. The Bertz CT molecular complexity index is 590. The molecule has 0 aliphatic rings. The summed E-state index contributed by atoms with van der Waals surface area (Å²) in [6.45, 7) is 9.39. The van der Waals surface area contributed by atoms with Crippen LogP contribution in [0.15, 0.2) is 27.6 Å². The monoisotopic (exact) mass is 338 g/mol. The van der Waals surface area contributed by atoms with Gasteiger partial charge in [0.15, 0.2) is 0 Å². The molecule has 0 aliphatic carbocycles. The van der Waals surface area contributed by atoms with Crippen molar-refractivity contribution in [2.45, 2.75) is 44.9 Å². The molecular formula is C15H19BrN2S. The van der Waals surface area contributed by atoms with E-state index in [0.29, 0.717) is 0 Å². The van der Waals surface area contributed by atoms with Crippen LogP contribution in [0.2, 0.25) is 0 Å². The molecule has 0 unspecified atom stereocenters. The van der Waals surface area contributed by atoms with Gasteiger partial charge in [0.05, 0.1) is 15.9 Å². The molecule has 1 aromatic heterocycles. The van der Waals surface area contributed by atoms with Crippen LogP contribution in [0.3, 0.4) is 0 Å². The molecule has 2 rings (SSSR count). The van der Waals surface area contributed by atoms with E-state index in [2.05, 4.69) is 64.7 Å². The fourth-order valence-electron chi connectivity index (χ4n) is 1.96. The largest absolute Gasteiger partial charge is 0.268 e. The van der Waals surface area contributed by atoms with E-state index in [1.165, 1.54) is 21.7 Å². The Morgan fingerprint density at radius 1 is 1.21 bits per heavy atom. The zero-order valence-corrected chi connectivity index (χ0v) is 14.2. The molecule has 0 N–H and O–H groups in total. The lowest BCUT2D eigenvalue weighted by Crippen LogP contribution is -2.01. The number of hydrogen-bond acceptors (Lipinski definition) is 2. The molecule has 0 bridgehead atoms. The van der Waals surface area contributed by atoms with E-state index >= 15 is 0 Å². The summed E-state index contributed by atoms with van der Waals surface area (Å²) in [5.41, 5.74) is 5.03. The van der Waals surface area contributed by atoms with Crippen LogP contribution in [0, 0.1) is 20.8 Å². The van der Waals surface area contributed by atoms with Gasteiger partial charge in [-0.15, -0.1) is 11.8 Å². The summed E-state index contributed by atoms with van der Waals surface area (Å²) in [4.78, 5) is 1.32. The van der Waals surface area contributed by atoms with Gasteiger partial charge >= 0.3 is 0 Å². The number of hydrogen-bond donors (Lipinski definition) is 0. The van der Waals surface area contributed by atoms with Crippen LogP contribution < -0.4 is 0 Å². The first-order valence-electron chi connectivity index (χ1n) is 6.44. The first-order chi connectivity index (χ1) is 9.02. The number of rotatable bonds is 4. The maximum Gasteiger partial charge on any atom is 0.0739 e. The minimum Gasteiger partial charge on any atom is -0.268 e. The second-order valence-corrected chi connectivity index (χ2v) is 6.54. The molecule has 1 aromatic carbocycles. The van der Waals surface area contributed by atoms with E-state index in [1.54, 1.807) is 0 Å². The summed E-state index contributed by atoms with van der Waals surface area (Å²) in [5, 5.41) is 4.53. The van der Waals surface area contributed by atoms with Crippen LogP contribution in [0.4, 0.5) is 0 Å². The van der Waals surface area contributed by atoms with E-state index in [-0.39, 0.29) is 0 Å². The molecule has 102 valence electrons. The average molecular weight is 339 g/mol. The van der Waals surface area contributed by atoms with Crippen molar-refractivity contribution in [1.29, 1.82) is 0 Å². The topological polar surface area (TPSA) is 17.8 Å². The maximum atomic E-state index is 4.53. The van der Waals surface area contributed by atoms with Crippen LogP contribution >= 0.6 is 27.7 Å². The van der Waals surface area contributed by atoms with Crippen molar-refractivity contribution in [3.8, 4) is 0 Å². The predicted octanol–water partition coefficient (Wildman–Crippen LogP) is 4.88. The van der Waals surface area contributed by atoms with Gasteiger partial charge in [-0.2, -0.15) is 5.10 Å². The minimum atomic E-state index is 0.912. The Morgan fingerprint density at radius 3 is 2.58 bits per heavy atom. The number of halogens is 1. The Kier molecular flexibility index (Phi) is 4.74. The second kappa shape index (κ2) is 6.14. The normalized spacial score (nSPS) is 11.0. The highest BCUT2D eigenvalue weighted by molar-refractivity contribution is 9.10. The molecule has 0 saturated carbocycles. The highest BCUT2D eigenvalue weighted by Gasteiger charge is 2.12. The number of thioether (sulfide) groups is 1. The minimum absolute atomic E-state index is 0.912. The van der Waals surface area contributed by atoms with Gasteiger partial charge in [-0.05, 0) is 66.9 Å². The Labute approximate surface area is 127 Å². The van der Waals surface area contributed by atoms with Crippen molar-refractivity contribution in [3.63, 3.8) is 0 Å². The van der Waals surface area contributed by atoms with Crippen molar-refractivity contribution >= 4 is 27.7 Å². The predicted molar refractivity (Wildman–Crippen MR) is 85.8 cm³/mol. The first-order valence-corrected chi connectivity index (χ1v) is 8.22. The molecule has 2 nitrogen and oxygen atoms in total. The molecule has 0 spiro atoms.